The number of carbonyl (C=O) groups is 3. The maximum Gasteiger partial charge on any atom is 0.335 e. The molecule has 1 saturated heterocycles. The van der Waals surface area contributed by atoms with Gasteiger partial charge in [-0.25, -0.2) is 9.69 Å². The van der Waals surface area contributed by atoms with Crippen LogP contribution < -0.4 is 15.0 Å². The number of aryl methyl sites for hydroxylation is 2. The fraction of sp³-hybridized carbons (Fsp3) is 0.150. The molecule has 0 aromatic heterocycles. The number of hydrogen-bond acceptors (Lipinski definition) is 4. The lowest BCUT2D eigenvalue weighted by molar-refractivity contribution is -0.122. The molecule has 1 aliphatic rings. The SMILES string of the molecule is COc1ccc(C=C2C(=O)NC(=O)N(c3cc(C)cc(C)c3)C2=O)cc1. The molecule has 1 N–H and O–H groups in total. The van der Waals surface area contributed by atoms with Gasteiger partial charge >= 0.3 is 6.03 Å². The van der Waals surface area contributed by atoms with E-state index in [2.05, 4.69) is 5.32 Å². The summed E-state index contributed by atoms with van der Waals surface area (Å²) in [5.74, 6) is -0.699. The van der Waals surface area contributed by atoms with Crippen molar-refractivity contribution in [3.05, 3.63) is 64.7 Å². The standard InChI is InChI=1S/C20H18N2O4/c1-12-8-13(2)10-15(9-12)22-19(24)17(18(23)21-20(22)25)11-14-4-6-16(26-3)7-5-14/h4-11H,1-3H3,(H,21,23,25). The van der Waals surface area contributed by atoms with E-state index < -0.39 is 17.8 Å². The molecule has 4 amide bonds. The summed E-state index contributed by atoms with van der Waals surface area (Å²) in [6, 6.07) is 11.5. The monoisotopic (exact) mass is 350 g/mol. The molecular weight excluding hydrogens is 332 g/mol. The number of nitrogens with zero attached hydrogens (tertiary/aromatic N) is 1. The maximum absolute atomic E-state index is 12.8. The van der Waals surface area contributed by atoms with Crippen molar-refractivity contribution in [2.75, 3.05) is 12.0 Å². The van der Waals surface area contributed by atoms with Gasteiger partial charge in [0.2, 0.25) is 0 Å². The van der Waals surface area contributed by atoms with Gasteiger partial charge in [-0.05, 0) is 60.9 Å². The minimum absolute atomic E-state index is 0.103. The minimum atomic E-state index is -0.753. The molecular formula is C20H18N2O4. The largest absolute Gasteiger partial charge is 0.497 e. The highest BCUT2D eigenvalue weighted by molar-refractivity contribution is 6.39. The fourth-order valence-electron chi connectivity index (χ4n) is 2.84. The van der Waals surface area contributed by atoms with E-state index in [0.717, 1.165) is 16.0 Å². The van der Waals surface area contributed by atoms with E-state index in [9.17, 15) is 14.4 Å². The number of benzene rings is 2. The average molecular weight is 350 g/mol. The second-order valence-corrected chi connectivity index (χ2v) is 6.08. The summed E-state index contributed by atoms with van der Waals surface area (Å²) in [7, 11) is 1.55. The van der Waals surface area contributed by atoms with E-state index >= 15 is 0 Å². The first kappa shape index (κ1) is 17.4. The van der Waals surface area contributed by atoms with Crippen LogP contribution in [0.15, 0.2) is 48.0 Å². The summed E-state index contributed by atoms with van der Waals surface area (Å²) in [5, 5.41) is 2.22. The summed E-state index contributed by atoms with van der Waals surface area (Å²) in [4.78, 5) is 38.3. The van der Waals surface area contributed by atoms with Crippen molar-refractivity contribution in [3.63, 3.8) is 0 Å². The summed E-state index contributed by atoms with van der Waals surface area (Å²) >= 11 is 0. The normalized spacial score (nSPS) is 16.0. The number of imide groups is 2. The van der Waals surface area contributed by atoms with Gasteiger partial charge in [0.1, 0.15) is 11.3 Å². The number of barbiturate groups is 1. The average Bonchev–Trinajstić information content (AvgIpc) is 2.58. The van der Waals surface area contributed by atoms with Gasteiger partial charge in [-0.2, -0.15) is 0 Å². The molecule has 0 saturated carbocycles. The summed E-state index contributed by atoms with van der Waals surface area (Å²) in [6.45, 7) is 3.75. The van der Waals surface area contributed by atoms with Crippen LogP contribution in [0.4, 0.5) is 10.5 Å². The first-order chi connectivity index (χ1) is 12.4. The van der Waals surface area contributed by atoms with Gasteiger partial charge in [-0.1, -0.05) is 18.2 Å². The molecule has 2 aromatic carbocycles. The Balaban J connectivity index is 2.00. The molecule has 132 valence electrons. The van der Waals surface area contributed by atoms with Crippen molar-refractivity contribution < 1.29 is 19.1 Å². The Morgan fingerprint density at radius 3 is 2.15 bits per heavy atom. The van der Waals surface area contributed by atoms with E-state index in [-0.39, 0.29) is 5.57 Å². The van der Waals surface area contributed by atoms with Crippen LogP contribution in [0, 0.1) is 13.8 Å². The minimum Gasteiger partial charge on any atom is -0.497 e. The third-order valence-electron chi connectivity index (χ3n) is 3.99. The van der Waals surface area contributed by atoms with Crippen molar-refractivity contribution >= 4 is 29.6 Å². The van der Waals surface area contributed by atoms with Crippen molar-refractivity contribution in [1.29, 1.82) is 0 Å². The number of ether oxygens (including phenoxy) is 1. The van der Waals surface area contributed by atoms with Crippen molar-refractivity contribution in [2.45, 2.75) is 13.8 Å². The Hall–Kier alpha value is -3.41. The van der Waals surface area contributed by atoms with Gasteiger partial charge in [-0.15, -0.1) is 0 Å². The van der Waals surface area contributed by atoms with E-state index in [1.54, 1.807) is 43.5 Å². The molecule has 6 heteroatoms. The molecule has 0 atom stereocenters. The molecule has 0 bridgehead atoms. The molecule has 0 aliphatic carbocycles. The van der Waals surface area contributed by atoms with Crippen LogP contribution in [0.1, 0.15) is 16.7 Å². The van der Waals surface area contributed by atoms with Crippen LogP contribution in [-0.4, -0.2) is 25.0 Å². The second kappa shape index (κ2) is 6.84. The van der Waals surface area contributed by atoms with Crippen molar-refractivity contribution in [2.24, 2.45) is 0 Å². The van der Waals surface area contributed by atoms with E-state index in [0.29, 0.717) is 17.0 Å². The van der Waals surface area contributed by atoms with E-state index in [1.807, 2.05) is 19.9 Å². The zero-order valence-corrected chi connectivity index (χ0v) is 14.7. The molecule has 0 radical (unpaired) electrons. The van der Waals surface area contributed by atoms with Crippen LogP contribution in [0.5, 0.6) is 5.75 Å². The van der Waals surface area contributed by atoms with Crippen LogP contribution in [-0.2, 0) is 9.59 Å². The highest BCUT2D eigenvalue weighted by Gasteiger charge is 2.36. The molecule has 1 aliphatic heterocycles. The van der Waals surface area contributed by atoms with Gasteiger partial charge in [-0.3, -0.25) is 14.9 Å². The molecule has 1 heterocycles. The highest BCUT2D eigenvalue weighted by Crippen LogP contribution is 2.24. The van der Waals surface area contributed by atoms with Crippen LogP contribution in [0.25, 0.3) is 6.08 Å². The summed E-state index contributed by atoms with van der Waals surface area (Å²) in [6.07, 6.45) is 1.46. The Bertz CT molecular complexity index is 909. The van der Waals surface area contributed by atoms with E-state index in [1.165, 1.54) is 6.08 Å². The van der Waals surface area contributed by atoms with Crippen LogP contribution in [0.3, 0.4) is 0 Å². The Kier molecular flexibility index (Phi) is 4.58. The molecule has 3 rings (SSSR count). The zero-order valence-electron chi connectivity index (χ0n) is 14.7. The lowest BCUT2D eigenvalue weighted by Crippen LogP contribution is -2.54. The van der Waals surface area contributed by atoms with Gasteiger partial charge in [0, 0.05) is 0 Å². The van der Waals surface area contributed by atoms with Crippen LogP contribution in [0.2, 0.25) is 0 Å². The lowest BCUT2D eigenvalue weighted by Gasteiger charge is -2.27. The smallest absolute Gasteiger partial charge is 0.335 e. The predicted octanol–water partition coefficient (Wildman–Crippen LogP) is 2.98. The third kappa shape index (κ3) is 3.35. The molecule has 0 spiro atoms. The number of carbonyl (C=O) groups excluding carboxylic acids is 3. The molecule has 26 heavy (non-hydrogen) atoms. The maximum atomic E-state index is 12.8. The molecule has 6 nitrogen and oxygen atoms in total. The number of rotatable bonds is 3. The van der Waals surface area contributed by atoms with Gasteiger partial charge in [0.15, 0.2) is 0 Å². The molecule has 1 fully saturated rings. The van der Waals surface area contributed by atoms with Gasteiger partial charge in [0.25, 0.3) is 11.8 Å². The number of amides is 4. The van der Waals surface area contributed by atoms with Gasteiger partial charge in [0.05, 0.1) is 12.8 Å². The topological polar surface area (TPSA) is 75.7 Å². The third-order valence-corrected chi connectivity index (χ3v) is 3.99. The number of hydrogen-bond donors (Lipinski definition) is 1. The summed E-state index contributed by atoms with van der Waals surface area (Å²) in [5.41, 5.74) is 2.81. The predicted molar refractivity (Wildman–Crippen MR) is 97.9 cm³/mol. The Labute approximate surface area is 151 Å². The van der Waals surface area contributed by atoms with Gasteiger partial charge < -0.3 is 4.74 Å². The number of methoxy groups -OCH3 is 1. The first-order valence-corrected chi connectivity index (χ1v) is 8.03. The van der Waals surface area contributed by atoms with Crippen molar-refractivity contribution in [3.8, 4) is 5.75 Å². The van der Waals surface area contributed by atoms with Crippen molar-refractivity contribution in [1.82, 2.24) is 5.32 Å². The van der Waals surface area contributed by atoms with E-state index in [4.69, 9.17) is 4.74 Å². The quantitative estimate of drug-likeness (QED) is 0.682. The Morgan fingerprint density at radius 2 is 1.58 bits per heavy atom. The molecule has 2 aromatic rings. The summed E-state index contributed by atoms with van der Waals surface area (Å²) < 4.78 is 5.09. The Morgan fingerprint density at radius 1 is 0.962 bits per heavy atom. The zero-order chi connectivity index (χ0) is 18.8. The molecule has 0 unspecified atom stereocenters. The first-order valence-electron chi connectivity index (χ1n) is 8.03. The lowest BCUT2D eigenvalue weighted by atomic mass is 10.1. The number of urea groups is 1. The highest BCUT2D eigenvalue weighted by atomic mass is 16.5. The fourth-order valence-corrected chi connectivity index (χ4v) is 2.84. The second-order valence-electron chi connectivity index (χ2n) is 6.08. The van der Waals surface area contributed by atoms with Crippen LogP contribution >= 0.6 is 0 Å². The number of nitrogens with one attached hydrogen (secondary N) is 1. The number of anilines is 1.